The van der Waals surface area contributed by atoms with E-state index < -0.39 is 12.1 Å². The summed E-state index contributed by atoms with van der Waals surface area (Å²) in [5.74, 6) is -1.55. The number of pyridine rings is 1. The maximum Gasteiger partial charge on any atom is 0.391 e. The first-order chi connectivity index (χ1) is 8.89. The summed E-state index contributed by atoms with van der Waals surface area (Å²) in [6, 6.07) is 1.56. The van der Waals surface area contributed by atoms with Gasteiger partial charge in [-0.1, -0.05) is 0 Å². The van der Waals surface area contributed by atoms with Crippen LogP contribution in [0.25, 0.3) is 0 Å². The smallest absolute Gasteiger partial charge is 0.339 e. The second-order valence-electron chi connectivity index (χ2n) is 4.46. The Labute approximate surface area is 116 Å². The second-order valence-corrected chi connectivity index (χ2v) is 5.32. The molecule has 0 aromatic carbocycles. The topological polar surface area (TPSA) is 33.2 Å². The third kappa shape index (κ3) is 3.26. The first-order valence-electron chi connectivity index (χ1n) is 5.85. The van der Waals surface area contributed by atoms with Crippen LogP contribution in [0, 0.1) is 5.92 Å². The highest BCUT2D eigenvalue weighted by atomic mass is 79.9. The highest BCUT2D eigenvalue weighted by Gasteiger charge is 2.41. The summed E-state index contributed by atoms with van der Waals surface area (Å²) in [6.07, 6.45) is -1.24. The molecule has 0 spiro atoms. The quantitative estimate of drug-likeness (QED) is 0.788. The summed E-state index contributed by atoms with van der Waals surface area (Å²) in [5.41, 5.74) is 0.431. The Hall–Kier alpha value is -1.11. The third-order valence-corrected chi connectivity index (χ3v) is 3.88. The highest BCUT2D eigenvalue weighted by Crippen LogP contribution is 2.34. The Morgan fingerprint density at radius 1 is 1.37 bits per heavy atom. The minimum Gasteiger partial charge on any atom is -0.339 e. The van der Waals surface area contributed by atoms with E-state index in [1.165, 1.54) is 17.3 Å². The van der Waals surface area contributed by atoms with Gasteiger partial charge in [-0.15, -0.1) is 0 Å². The summed E-state index contributed by atoms with van der Waals surface area (Å²) < 4.78 is 38.2. The van der Waals surface area contributed by atoms with Crippen molar-refractivity contribution in [2.45, 2.75) is 19.0 Å². The maximum atomic E-state index is 12.5. The zero-order valence-corrected chi connectivity index (χ0v) is 11.5. The molecule has 1 aromatic rings. The van der Waals surface area contributed by atoms with Crippen molar-refractivity contribution in [2.24, 2.45) is 5.92 Å². The number of hydrogen-bond donors (Lipinski definition) is 0. The number of likely N-dealkylation sites (tertiary alicyclic amines) is 1. The molecule has 1 aromatic heterocycles. The number of hydrogen-bond acceptors (Lipinski definition) is 2. The van der Waals surface area contributed by atoms with Gasteiger partial charge in [-0.3, -0.25) is 9.78 Å². The summed E-state index contributed by atoms with van der Waals surface area (Å²) in [4.78, 5) is 17.5. The van der Waals surface area contributed by atoms with Gasteiger partial charge in [-0.2, -0.15) is 13.2 Å². The van der Waals surface area contributed by atoms with Crippen LogP contribution >= 0.6 is 15.9 Å². The summed E-state index contributed by atoms with van der Waals surface area (Å²) >= 11 is 3.22. The lowest BCUT2D eigenvalue weighted by Crippen LogP contribution is -2.42. The fourth-order valence-electron chi connectivity index (χ4n) is 2.13. The molecule has 0 radical (unpaired) electrons. The van der Waals surface area contributed by atoms with Crippen LogP contribution in [0.15, 0.2) is 22.9 Å². The largest absolute Gasteiger partial charge is 0.391 e. The molecule has 0 saturated carbocycles. The molecule has 2 rings (SSSR count). The van der Waals surface area contributed by atoms with Gasteiger partial charge >= 0.3 is 6.18 Å². The third-order valence-electron chi connectivity index (χ3n) is 3.25. The molecule has 0 aliphatic carbocycles. The van der Waals surface area contributed by atoms with E-state index in [1.54, 1.807) is 6.07 Å². The molecule has 104 valence electrons. The van der Waals surface area contributed by atoms with E-state index in [0.29, 0.717) is 10.0 Å². The molecule has 19 heavy (non-hydrogen) atoms. The van der Waals surface area contributed by atoms with Gasteiger partial charge in [-0.05, 0) is 34.8 Å². The van der Waals surface area contributed by atoms with Crippen molar-refractivity contribution in [3.8, 4) is 0 Å². The predicted octanol–water partition coefficient (Wildman–Crippen LogP) is 3.26. The molecule has 1 fully saturated rings. The fourth-order valence-corrected chi connectivity index (χ4v) is 2.55. The van der Waals surface area contributed by atoms with Gasteiger partial charge in [0.1, 0.15) is 0 Å². The number of piperidine rings is 1. The van der Waals surface area contributed by atoms with Crippen LogP contribution in [-0.4, -0.2) is 35.1 Å². The lowest BCUT2D eigenvalue weighted by Gasteiger charge is -2.33. The Morgan fingerprint density at radius 2 is 2.00 bits per heavy atom. The first kappa shape index (κ1) is 14.3. The minimum atomic E-state index is -4.16. The maximum absolute atomic E-state index is 12.5. The number of nitrogens with zero attached hydrogens (tertiary/aromatic N) is 2. The van der Waals surface area contributed by atoms with Gasteiger partial charge in [0.15, 0.2) is 0 Å². The van der Waals surface area contributed by atoms with Gasteiger partial charge in [-0.25, -0.2) is 0 Å². The number of carbonyl (C=O) groups excluding carboxylic acids is 1. The van der Waals surface area contributed by atoms with E-state index in [-0.39, 0.29) is 31.8 Å². The van der Waals surface area contributed by atoms with Crippen LogP contribution in [0.1, 0.15) is 23.2 Å². The normalized spacial score (nSPS) is 17.6. The minimum absolute atomic E-state index is 0.0298. The number of carbonyl (C=O) groups is 1. The summed E-state index contributed by atoms with van der Waals surface area (Å²) in [7, 11) is 0. The van der Waals surface area contributed by atoms with Crippen LogP contribution in [0.2, 0.25) is 0 Å². The fraction of sp³-hybridized carbons (Fsp3) is 0.500. The Kier molecular flexibility index (Phi) is 4.13. The van der Waals surface area contributed by atoms with Crippen molar-refractivity contribution in [3.05, 3.63) is 28.5 Å². The first-order valence-corrected chi connectivity index (χ1v) is 6.64. The van der Waals surface area contributed by atoms with E-state index >= 15 is 0 Å². The number of rotatable bonds is 1. The predicted molar refractivity (Wildman–Crippen MR) is 66.6 cm³/mol. The summed E-state index contributed by atoms with van der Waals surface area (Å²) in [5, 5.41) is 0. The standard InChI is InChI=1S/C12H12BrF3N2O/c13-10-7-17-4-1-9(10)11(19)18-5-2-8(3-6-18)12(14,15)16/h1,4,7-8H,2-3,5-6H2. The molecule has 0 unspecified atom stereocenters. The highest BCUT2D eigenvalue weighted by molar-refractivity contribution is 9.10. The Morgan fingerprint density at radius 3 is 2.53 bits per heavy atom. The lowest BCUT2D eigenvalue weighted by molar-refractivity contribution is -0.183. The van der Waals surface area contributed by atoms with Crippen molar-refractivity contribution >= 4 is 21.8 Å². The van der Waals surface area contributed by atoms with Crippen LogP contribution in [0.3, 0.4) is 0 Å². The van der Waals surface area contributed by atoms with Crippen molar-refractivity contribution in [3.63, 3.8) is 0 Å². The molecule has 1 saturated heterocycles. The number of aromatic nitrogens is 1. The molecule has 1 amide bonds. The van der Waals surface area contributed by atoms with E-state index in [1.807, 2.05) is 0 Å². The summed E-state index contributed by atoms with van der Waals surface area (Å²) in [6.45, 7) is 0.273. The molecule has 0 atom stereocenters. The molecule has 7 heteroatoms. The average Bonchev–Trinajstić information content (AvgIpc) is 2.38. The second kappa shape index (κ2) is 5.48. The van der Waals surface area contributed by atoms with Crippen molar-refractivity contribution < 1.29 is 18.0 Å². The number of amides is 1. The monoisotopic (exact) mass is 336 g/mol. The Bertz CT molecular complexity index is 470. The molecule has 3 nitrogen and oxygen atoms in total. The molecule has 1 aliphatic heterocycles. The SMILES string of the molecule is O=C(c1ccncc1Br)N1CCC(C(F)(F)F)CC1. The molecular weight excluding hydrogens is 325 g/mol. The van der Waals surface area contributed by atoms with Crippen LogP contribution in [0.5, 0.6) is 0 Å². The van der Waals surface area contributed by atoms with E-state index in [4.69, 9.17) is 0 Å². The molecule has 1 aliphatic rings. The lowest BCUT2D eigenvalue weighted by atomic mass is 9.96. The molecular formula is C12H12BrF3N2O. The van der Waals surface area contributed by atoms with Gasteiger partial charge in [0, 0.05) is 30.0 Å². The zero-order valence-electron chi connectivity index (χ0n) is 9.95. The van der Waals surface area contributed by atoms with Gasteiger partial charge in [0.2, 0.25) is 0 Å². The van der Waals surface area contributed by atoms with Crippen LogP contribution < -0.4 is 0 Å². The number of alkyl halides is 3. The number of halogens is 4. The average molecular weight is 337 g/mol. The Balaban J connectivity index is 2.03. The van der Waals surface area contributed by atoms with E-state index in [2.05, 4.69) is 20.9 Å². The van der Waals surface area contributed by atoms with Gasteiger partial charge in [0.05, 0.1) is 11.5 Å². The molecule has 0 bridgehead atoms. The van der Waals surface area contributed by atoms with Crippen LogP contribution in [-0.2, 0) is 0 Å². The van der Waals surface area contributed by atoms with Crippen molar-refractivity contribution in [1.82, 2.24) is 9.88 Å². The zero-order chi connectivity index (χ0) is 14.0. The van der Waals surface area contributed by atoms with Crippen LogP contribution in [0.4, 0.5) is 13.2 Å². The van der Waals surface area contributed by atoms with Gasteiger partial charge < -0.3 is 4.90 Å². The van der Waals surface area contributed by atoms with Gasteiger partial charge in [0.25, 0.3) is 5.91 Å². The molecule has 2 heterocycles. The van der Waals surface area contributed by atoms with E-state index in [0.717, 1.165) is 0 Å². The van der Waals surface area contributed by atoms with Crippen molar-refractivity contribution in [2.75, 3.05) is 13.1 Å². The van der Waals surface area contributed by atoms with E-state index in [9.17, 15) is 18.0 Å². The van der Waals surface area contributed by atoms with Crippen molar-refractivity contribution in [1.29, 1.82) is 0 Å². The molecule has 0 N–H and O–H groups in total.